The van der Waals surface area contributed by atoms with Crippen molar-refractivity contribution in [1.82, 2.24) is 9.80 Å². The Kier molecular flexibility index (Phi) is 8.82. The molecule has 0 N–H and O–H groups in total. The van der Waals surface area contributed by atoms with Crippen LogP contribution in [0.5, 0.6) is 11.5 Å². The molecule has 2 rings (SSSR count). The Bertz CT molecular complexity index is 555. The molecule has 5 nitrogen and oxygen atoms in total. The van der Waals surface area contributed by atoms with Gasteiger partial charge in [-0.25, -0.2) is 0 Å². The molecule has 1 fully saturated rings. The number of benzene rings is 1. The van der Waals surface area contributed by atoms with Gasteiger partial charge in [0, 0.05) is 39.1 Å². The first kappa shape index (κ1) is 20.5. The summed E-state index contributed by atoms with van der Waals surface area (Å²) >= 11 is 0. The summed E-state index contributed by atoms with van der Waals surface area (Å²) in [7, 11) is 5.34. The minimum atomic E-state index is 0. The zero-order chi connectivity index (χ0) is 16.7. The topological polar surface area (TPSA) is 42.0 Å². The number of rotatable bonds is 7. The van der Waals surface area contributed by atoms with Crippen molar-refractivity contribution < 1.29 is 14.3 Å². The molecule has 1 aliphatic heterocycles. The van der Waals surface area contributed by atoms with Crippen LogP contribution in [0.3, 0.4) is 0 Å². The van der Waals surface area contributed by atoms with Gasteiger partial charge in [-0.2, -0.15) is 0 Å². The molecule has 0 bridgehead atoms. The minimum absolute atomic E-state index is 0. The molecule has 1 aromatic carbocycles. The highest BCUT2D eigenvalue weighted by atomic mass is 35.5. The maximum absolute atomic E-state index is 12.0. The van der Waals surface area contributed by atoms with Crippen molar-refractivity contribution in [2.45, 2.75) is 6.42 Å². The van der Waals surface area contributed by atoms with Gasteiger partial charge >= 0.3 is 0 Å². The molecule has 1 saturated heterocycles. The van der Waals surface area contributed by atoms with E-state index in [1.165, 1.54) is 0 Å². The van der Waals surface area contributed by atoms with E-state index in [-0.39, 0.29) is 18.2 Å². The monoisotopic (exact) mass is 354 g/mol. The Morgan fingerprint density at radius 1 is 1.12 bits per heavy atom. The smallest absolute Gasteiger partial charge is 0.161 e. The van der Waals surface area contributed by atoms with Crippen molar-refractivity contribution in [2.24, 2.45) is 0 Å². The fourth-order valence-corrected chi connectivity index (χ4v) is 2.57. The van der Waals surface area contributed by atoms with E-state index in [0.717, 1.165) is 38.3 Å². The second-order valence-corrected chi connectivity index (χ2v) is 5.81. The number of hydrogen-bond acceptors (Lipinski definition) is 5. The Labute approximate surface area is 150 Å². The molecule has 0 saturated carbocycles. The third-order valence-corrected chi connectivity index (χ3v) is 4.14. The number of carbonyl (C=O) groups excluding carboxylic acids is 1. The predicted molar refractivity (Wildman–Crippen MR) is 99.4 cm³/mol. The van der Waals surface area contributed by atoms with E-state index in [1.807, 2.05) is 24.3 Å². The molecule has 1 heterocycles. The van der Waals surface area contributed by atoms with Gasteiger partial charge in [0.2, 0.25) is 0 Å². The van der Waals surface area contributed by atoms with Gasteiger partial charge in [-0.1, -0.05) is 12.1 Å². The summed E-state index contributed by atoms with van der Waals surface area (Å²) in [6, 6.07) is 5.61. The summed E-state index contributed by atoms with van der Waals surface area (Å²) in [5.41, 5.74) is 0.926. The standard InChI is InChI=1S/C18H26N2O3.ClH/c1-19-10-12-20(13-11-19)9-8-16(21)6-4-15-5-7-17(22-2)18(14-15)23-3;/h4-7,14H,8-13H2,1-3H3;1H. The number of ketones is 1. The molecule has 134 valence electrons. The molecule has 1 aliphatic rings. The minimum Gasteiger partial charge on any atom is -0.493 e. The third kappa shape index (κ3) is 6.15. The molecule has 0 radical (unpaired) electrons. The molecule has 0 atom stereocenters. The first-order chi connectivity index (χ1) is 11.1. The first-order valence-electron chi connectivity index (χ1n) is 7.96. The van der Waals surface area contributed by atoms with Crippen LogP contribution in [0.4, 0.5) is 0 Å². The van der Waals surface area contributed by atoms with Crippen LogP contribution in [0.1, 0.15) is 12.0 Å². The number of halogens is 1. The Morgan fingerprint density at radius 2 is 1.79 bits per heavy atom. The zero-order valence-corrected chi connectivity index (χ0v) is 15.5. The fraction of sp³-hybridized carbons (Fsp3) is 0.500. The van der Waals surface area contributed by atoms with Crippen LogP contribution in [0.25, 0.3) is 6.08 Å². The second-order valence-electron chi connectivity index (χ2n) is 5.81. The average molecular weight is 355 g/mol. The van der Waals surface area contributed by atoms with Crippen molar-refractivity contribution in [3.05, 3.63) is 29.8 Å². The SMILES string of the molecule is COc1ccc(C=CC(=O)CCN2CCN(C)CC2)cc1OC.Cl. The van der Waals surface area contributed by atoms with Gasteiger partial charge < -0.3 is 19.3 Å². The van der Waals surface area contributed by atoms with Crippen LogP contribution in [-0.2, 0) is 4.79 Å². The van der Waals surface area contributed by atoms with Gasteiger partial charge in [0.15, 0.2) is 17.3 Å². The predicted octanol–water partition coefficient (Wildman–Crippen LogP) is 2.35. The number of carbonyl (C=O) groups is 1. The lowest BCUT2D eigenvalue weighted by atomic mass is 10.1. The number of hydrogen-bond donors (Lipinski definition) is 0. The van der Waals surface area contributed by atoms with Crippen molar-refractivity contribution in [3.63, 3.8) is 0 Å². The summed E-state index contributed by atoms with van der Waals surface area (Å²) in [5, 5.41) is 0. The van der Waals surface area contributed by atoms with Gasteiger partial charge in [-0.15, -0.1) is 12.4 Å². The van der Waals surface area contributed by atoms with Gasteiger partial charge in [0.1, 0.15) is 0 Å². The van der Waals surface area contributed by atoms with Gasteiger partial charge in [-0.05, 0) is 30.8 Å². The van der Waals surface area contributed by atoms with E-state index in [4.69, 9.17) is 9.47 Å². The second kappa shape index (κ2) is 10.3. The molecule has 1 aromatic rings. The largest absolute Gasteiger partial charge is 0.493 e. The normalized spacial score (nSPS) is 16.0. The lowest BCUT2D eigenvalue weighted by Crippen LogP contribution is -2.44. The summed E-state index contributed by atoms with van der Waals surface area (Å²) < 4.78 is 10.5. The molecule has 0 aliphatic carbocycles. The van der Waals surface area contributed by atoms with Crippen LogP contribution in [-0.4, -0.2) is 69.6 Å². The van der Waals surface area contributed by atoms with Crippen molar-refractivity contribution in [3.8, 4) is 11.5 Å². The van der Waals surface area contributed by atoms with Gasteiger partial charge in [0.05, 0.1) is 14.2 Å². The lowest BCUT2D eigenvalue weighted by molar-refractivity contribution is -0.114. The molecular formula is C18H27ClN2O3. The van der Waals surface area contributed by atoms with Crippen molar-refractivity contribution in [1.29, 1.82) is 0 Å². The number of nitrogens with zero attached hydrogens (tertiary/aromatic N) is 2. The quantitative estimate of drug-likeness (QED) is 0.703. The Hall–Kier alpha value is -1.56. The number of piperazine rings is 1. The molecule has 0 amide bonds. The maximum Gasteiger partial charge on any atom is 0.161 e. The van der Waals surface area contributed by atoms with Crippen LogP contribution in [0.15, 0.2) is 24.3 Å². The van der Waals surface area contributed by atoms with E-state index in [2.05, 4.69) is 16.8 Å². The highest BCUT2D eigenvalue weighted by molar-refractivity contribution is 5.93. The molecule has 0 aromatic heterocycles. The molecule has 24 heavy (non-hydrogen) atoms. The Morgan fingerprint density at radius 3 is 2.42 bits per heavy atom. The number of methoxy groups -OCH3 is 2. The maximum atomic E-state index is 12.0. The zero-order valence-electron chi connectivity index (χ0n) is 14.7. The Balaban J connectivity index is 0.00000288. The summed E-state index contributed by atoms with van der Waals surface area (Å²) in [5.74, 6) is 1.50. The van der Waals surface area contributed by atoms with Crippen LogP contribution in [0.2, 0.25) is 0 Å². The van der Waals surface area contributed by atoms with Crippen molar-refractivity contribution >= 4 is 24.3 Å². The highest BCUT2D eigenvalue weighted by Gasteiger charge is 2.13. The van der Waals surface area contributed by atoms with Gasteiger partial charge in [-0.3, -0.25) is 4.79 Å². The van der Waals surface area contributed by atoms with E-state index >= 15 is 0 Å². The van der Waals surface area contributed by atoms with Crippen LogP contribution >= 0.6 is 12.4 Å². The summed E-state index contributed by atoms with van der Waals surface area (Å²) in [4.78, 5) is 16.7. The first-order valence-corrected chi connectivity index (χ1v) is 7.96. The molecule has 0 spiro atoms. The summed E-state index contributed by atoms with van der Waals surface area (Å²) in [6.07, 6.45) is 4.04. The van der Waals surface area contributed by atoms with E-state index in [9.17, 15) is 4.79 Å². The fourth-order valence-electron chi connectivity index (χ4n) is 2.57. The number of ether oxygens (including phenoxy) is 2. The summed E-state index contributed by atoms with van der Waals surface area (Å²) in [6.45, 7) is 5.08. The van der Waals surface area contributed by atoms with Gasteiger partial charge in [0.25, 0.3) is 0 Å². The van der Waals surface area contributed by atoms with Crippen LogP contribution in [0, 0.1) is 0 Å². The van der Waals surface area contributed by atoms with E-state index in [0.29, 0.717) is 17.9 Å². The highest BCUT2D eigenvalue weighted by Crippen LogP contribution is 2.27. The molecule has 6 heteroatoms. The lowest BCUT2D eigenvalue weighted by Gasteiger charge is -2.32. The number of likely N-dealkylation sites (N-methyl/N-ethyl adjacent to an activating group) is 1. The van der Waals surface area contributed by atoms with E-state index < -0.39 is 0 Å². The van der Waals surface area contributed by atoms with E-state index in [1.54, 1.807) is 20.3 Å². The average Bonchev–Trinajstić information content (AvgIpc) is 2.59. The number of allylic oxidation sites excluding steroid dienone is 1. The van der Waals surface area contributed by atoms with Crippen molar-refractivity contribution in [2.75, 3.05) is 54.0 Å². The molecule has 0 unspecified atom stereocenters. The molecular weight excluding hydrogens is 328 g/mol. The third-order valence-electron chi connectivity index (χ3n) is 4.14. The van der Waals surface area contributed by atoms with Crippen LogP contribution < -0.4 is 9.47 Å².